The van der Waals surface area contributed by atoms with E-state index >= 15 is 0 Å². The summed E-state index contributed by atoms with van der Waals surface area (Å²) in [7, 11) is 0. The maximum absolute atomic E-state index is 13.8. The van der Waals surface area contributed by atoms with E-state index in [2.05, 4.69) is 30.2 Å². The SMILES string of the molecule is C[C@H](NC(=O)c1ccc(C#N)cc1)[C@]1(C)CC[C@H](c2ccnc3ccc(F)cc32)CC1. The Balaban J connectivity index is 1.44. The van der Waals surface area contributed by atoms with Crippen LogP contribution in [0.5, 0.6) is 0 Å². The molecule has 1 fully saturated rings. The second-order valence-electron chi connectivity index (χ2n) is 8.87. The van der Waals surface area contributed by atoms with Gasteiger partial charge in [0.2, 0.25) is 0 Å². The average molecular weight is 416 g/mol. The van der Waals surface area contributed by atoms with Gasteiger partial charge in [0, 0.05) is 23.2 Å². The fourth-order valence-corrected chi connectivity index (χ4v) is 4.67. The minimum absolute atomic E-state index is 0.00710. The summed E-state index contributed by atoms with van der Waals surface area (Å²) >= 11 is 0. The number of rotatable bonds is 4. The van der Waals surface area contributed by atoms with Crippen molar-refractivity contribution in [3.8, 4) is 6.07 Å². The number of nitriles is 1. The first-order valence-corrected chi connectivity index (χ1v) is 10.7. The molecular weight excluding hydrogens is 389 g/mol. The van der Waals surface area contributed by atoms with Gasteiger partial charge in [-0.15, -0.1) is 0 Å². The molecule has 4 rings (SSSR count). The predicted octanol–water partition coefficient (Wildman–Crippen LogP) is 5.73. The molecule has 0 aliphatic heterocycles. The van der Waals surface area contributed by atoms with Crippen molar-refractivity contribution in [2.75, 3.05) is 0 Å². The van der Waals surface area contributed by atoms with Crippen molar-refractivity contribution in [1.29, 1.82) is 5.26 Å². The van der Waals surface area contributed by atoms with Crippen molar-refractivity contribution in [2.45, 2.75) is 51.5 Å². The maximum atomic E-state index is 13.8. The molecule has 1 atom stereocenters. The monoisotopic (exact) mass is 415 g/mol. The molecule has 3 aromatic rings. The number of carbonyl (C=O) groups is 1. The lowest BCUT2D eigenvalue weighted by molar-refractivity contribution is 0.0847. The van der Waals surface area contributed by atoms with Gasteiger partial charge in [-0.3, -0.25) is 9.78 Å². The van der Waals surface area contributed by atoms with E-state index in [0.717, 1.165) is 36.6 Å². The summed E-state index contributed by atoms with van der Waals surface area (Å²) in [5, 5.41) is 13.0. The lowest BCUT2D eigenvalue weighted by atomic mass is 9.66. The van der Waals surface area contributed by atoms with Crippen LogP contribution in [0.15, 0.2) is 54.7 Å². The molecule has 158 valence electrons. The van der Waals surface area contributed by atoms with Crippen LogP contribution in [-0.4, -0.2) is 16.9 Å². The highest BCUT2D eigenvalue weighted by Crippen LogP contribution is 2.46. The van der Waals surface area contributed by atoms with Crippen LogP contribution in [-0.2, 0) is 0 Å². The third kappa shape index (κ3) is 4.29. The van der Waals surface area contributed by atoms with Crippen molar-refractivity contribution in [3.63, 3.8) is 0 Å². The van der Waals surface area contributed by atoms with Crippen LogP contribution in [0.25, 0.3) is 10.9 Å². The fourth-order valence-electron chi connectivity index (χ4n) is 4.67. The lowest BCUT2D eigenvalue weighted by Crippen LogP contribution is -2.46. The molecule has 1 aliphatic rings. The zero-order chi connectivity index (χ0) is 22.0. The number of pyridine rings is 1. The van der Waals surface area contributed by atoms with Crippen molar-refractivity contribution in [2.24, 2.45) is 5.41 Å². The number of nitrogens with one attached hydrogen (secondary N) is 1. The number of amides is 1. The van der Waals surface area contributed by atoms with Crippen LogP contribution in [0.3, 0.4) is 0 Å². The molecule has 5 heteroatoms. The Labute approximate surface area is 182 Å². The lowest BCUT2D eigenvalue weighted by Gasteiger charge is -2.42. The number of aromatic nitrogens is 1. The largest absolute Gasteiger partial charge is 0.349 e. The highest BCUT2D eigenvalue weighted by Gasteiger charge is 2.37. The average Bonchev–Trinajstić information content (AvgIpc) is 2.79. The third-order valence-corrected chi connectivity index (χ3v) is 6.97. The number of nitrogens with zero attached hydrogens (tertiary/aromatic N) is 2. The summed E-state index contributed by atoms with van der Waals surface area (Å²) in [5.74, 6) is 0.0132. The van der Waals surface area contributed by atoms with E-state index in [1.807, 2.05) is 12.3 Å². The molecule has 1 saturated carbocycles. The van der Waals surface area contributed by atoms with Crippen LogP contribution in [0.2, 0.25) is 0 Å². The fraction of sp³-hybridized carbons (Fsp3) is 0.346. The molecule has 1 N–H and O–H groups in total. The Bertz CT molecular complexity index is 1140. The first kappa shape index (κ1) is 21.0. The van der Waals surface area contributed by atoms with E-state index in [0.29, 0.717) is 17.0 Å². The molecule has 0 spiro atoms. The molecule has 0 saturated heterocycles. The van der Waals surface area contributed by atoms with Gasteiger partial charge >= 0.3 is 0 Å². The second kappa shape index (κ2) is 8.47. The molecule has 1 aromatic heterocycles. The number of halogens is 1. The molecule has 0 bridgehead atoms. The van der Waals surface area contributed by atoms with E-state index in [4.69, 9.17) is 5.26 Å². The van der Waals surface area contributed by atoms with Crippen molar-refractivity contribution >= 4 is 16.8 Å². The van der Waals surface area contributed by atoms with Gasteiger partial charge in [-0.1, -0.05) is 6.92 Å². The van der Waals surface area contributed by atoms with Crippen molar-refractivity contribution in [1.82, 2.24) is 10.3 Å². The molecule has 0 radical (unpaired) electrons. The Morgan fingerprint density at radius 3 is 2.58 bits per heavy atom. The van der Waals surface area contributed by atoms with Crippen LogP contribution < -0.4 is 5.32 Å². The van der Waals surface area contributed by atoms with Crippen molar-refractivity contribution < 1.29 is 9.18 Å². The van der Waals surface area contributed by atoms with Gasteiger partial charge in [-0.25, -0.2) is 4.39 Å². The molecule has 1 aliphatic carbocycles. The molecular formula is C26H26FN3O. The highest BCUT2D eigenvalue weighted by molar-refractivity contribution is 5.94. The summed E-state index contributed by atoms with van der Waals surface area (Å²) in [6.45, 7) is 4.30. The highest BCUT2D eigenvalue weighted by atomic mass is 19.1. The molecule has 1 heterocycles. The van der Waals surface area contributed by atoms with Crippen LogP contribution in [0.4, 0.5) is 4.39 Å². The number of fused-ring (bicyclic) bond motifs is 1. The topological polar surface area (TPSA) is 65.8 Å². The second-order valence-corrected chi connectivity index (χ2v) is 8.87. The Hall–Kier alpha value is -3.26. The zero-order valence-electron chi connectivity index (χ0n) is 17.9. The number of hydrogen-bond acceptors (Lipinski definition) is 3. The number of benzene rings is 2. The van der Waals surface area contributed by atoms with Gasteiger partial charge in [0.15, 0.2) is 0 Å². The van der Waals surface area contributed by atoms with E-state index in [-0.39, 0.29) is 23.2 Å². The molecule has 31 heavy (non-hydrogen) atoms. The van der Waals surface area contributed by atoms with E-state index < -0.39 is 0 Å². The summed E-state index contributed by atoms with van der Waals surface area (Å²) in [5.41, 5.74) is 3.09. The predicted molar refractivity (Wildman–Crippen MR) is 119 cm³/mol. The Morgan fingerprint density at radius 2 is 1.90 bits per heavy atom. The summed E-state index contributed by atoms with van der Waals surface area (Å²) in [4.78, 5) is 17.0. The Morgan fingerprint density at radius 1 is 1.19 bits per heavy atom. The van der Waals surface area contributed by atoms with E-state index in [9.17, 15) is 9.18 Å². The first-order valence-electron chi connectivity index (χ1n) is 10.7. The van der Waals surface area contributed by atoms with Crippen LogP contribution >= 0.6 is 0 Å². The quantitative estimate of drug-likeness (QED) is 0.592. The molecule has 2 aromatic carbocycles. The summed E-state index contributed by atoms with van der Waals surface area (Å²) < 4.78 is 13.8. The third-order valence-electron chi connectivity index (χ3n) is 6.97. The Kier molecular flexibility index (Phi) is 5.73. The van der Waals surface area contributed by atoms with Gasteiger partial charge in [0.25, 0.3) is 5.91 Å². The van der Waals surface area contributed by atoms with E-state index in [1.165, 1.54) is 11.6 Å². The molecule has 4 nitrogen and oxygen atoms in total. The number of carbonyl (C=O) groups excluding carboxylic acids is 1. The minimum Gasteiger partial charge on any atom is -0.349 e. The zero-order valence-corrected chi connectivity index (χ0v) is 17.9. The van der Waals surface area contributed by atoms with E-state index in [1.54, 1.807) is 36.4 Å². The standard InChI is InChI=1S/C26H26FN3O/c1-17(30-25(31)20-5-3-18(16-28)4-6-20)26(2)12-9-19(10-13-26)22-11-14-29-24-8-7-21(27)15-23(22)24/h3-8,11,14-15,17,19H,9-10,12-13H2,1-2H3,(H,30,31)/t17-,19-,26+/m0/s1. The van der Waals surface area contributed by atoms with Gasteiger partial charge < -0.3 is 5.32 Å². The summed E-state index contributed by atoms with van der Waals surface area (Å²) in [6.07, 6.45) is 5.74. The smallest absolute Gasteiger partial charge is 0.251 e. The first-order chi connectivity index (χ1) is 14.9. The summed E-state index contributed by atoms with van der Waals surface area (Å²) in [6, 6.07) is 15.6. The number of hydrogen-bond donors (Lipinski definition) is 1. The van der Waals surface area contributed by atoms with Gasteiger partial charge in [-0.05, 0) is 98.0 Å². The molecule has 0 unspecified atom stereocenters. The van der Waals surface area contributed by atoms with Crippen LogP contribution in [0, 0.1) is 22.6 Å². The van der Waals surface area contributed by atoms with Crippen molar-refractivity contribution in [3.05, 3.63) is 77.2 Å². The maximum Gasteiger partial charge on any atom is 0.251 e. The van der Waals surface area contributed by atoms with Crippen LogP contribution in [0.1, 0.15) is 66.9 Å². The van der Waals surface area contributed by atoms with Gasteiger partial charge in [-0.2, -0.15) is 5.26 Å². The minimum atomic E-state index is -0.235. The van der Waals surface area contributed by atoms with Gasteiger partial charge in [0.1, 0.15) is 5.82 Å². The van der Waals surface area contributed by atoms with Gasteiger partial charge in [0.05, 0.1) is 17.1 Å². The molecule has 1 amide bonds. The normalized spacial score (nSPS) is 21.9.